The van der Waals surface area contributed by atoms with Gasteiger partial charge in [-0.3, -0.25) is 0 Å². The van der Waals surface area contributed by atoms with Gasteiger partial charge in [-0.15, -0.1) is 0 Å². The van der Waals surface area contributed by atoms with Gasteiger partial charge in [0.2, 0.25) is 0 Å². The van der Waals surface area contributed by atoms with E-state index in [0.29, 0.717) is 17.7 Å². The Morgan fingerprint density at radius 3 is 2.18 bits per heavy atom. The molecule has 5 heterocycles. The molecule has 7 heteroatoms. The number of hydrogen-bond donors (Lipinski definition) is 0. The van der Waals surface area contributed by atoms with Crippen LogP contribution in [0.5, 0.6) is 0 Å². The van der Waals surface area contributed by atoms with E-state index in [4.69, 9.17) is 0 Å². The zero-order chi connectivity index (χ0) is 24.2. The fraction of sp³-hybridized carbons (Fsp3) is 0.481. The zero-order valence-electron chi connectivity index (χ0n) is 20.8. The second kappa shape index (κ2) is 9.34. The quantitative estimate of drug-likeness (QED) is 0.153. The molecule has 0 saturated carbocycles. The molecule has 0 aliphatic carbocycles. The van der Waals surface area contributed by atoms with Crippen LogP contribution >= 0.6 is 34.0 Å². The third-order valence-corrected chi connectivity index (χ3v) is 21.7. The summed E-state index contributed by atoms with van der Waals surface area (Å²) in [7, 11) is 0. The van der Waals surface area contributed by atoms with Gasteiger partial charge in [0, 0.05) is 0 Å². The average molecular weight is 572 g/mol. The topological polar surface area (TPSA) is 37.4 Å². The molecule has 2 aliphatic rings. The van der Waals surface area contributed by atoms with Crippen LogP contribution in [-0.2, 0) is 0 Å². The van der Waals surface area contributed by atoms with Gasteiger partial charge in [-0.05, 0) is 0 Å². The monoisotopic (exact) mass is 573 g/mol. The fourth-order valence-electron chi connectivity index (χ4n) is 5.50. The number of imide groups is 1. The molecule has 0 aromatic carbocycles. The number of carbonyl (C=O) groups excluding carboxylic acids is 2. The summed E-state index contributed by atoms with van der Waals surface area (Å²) < 4.78 is 3.21. The van der Waals surface area contributed by atoms with Crippen molar-refractivity contribution in [3.05, 3.63) is 33.0 Å². The maximum absolute atomic E-state index is 13.5. The molecule has 0 N–H and O–H groups in total. The van der Waals surface area contributed by atoms with Crippen LogP contribution in [0, 0.1) is 13.8 Å². The number of hydrogen-bond acceptors (Lipinski definition) is 5. The molecule has 3 aromatic heterocycles. The molecule has 180 valence electrons. The third kappa shape index (κ3) is 3.71. The number of thiophene rings is 3. The van der Waals surface area contributed by atoms with E-state index in [1.807, 2.05) is 29.6 Å². The van der Waals surface area contributed by atoms with Crippen LogP contribution in [0.3, 0.4) is 0 Å². The SMILES string of the molecule is CCCCCCCCN1C(=O)c2c(C)sc(-c3c[c]4c(s3)-c3sc(C)c[c]3[Ge]4([CH3])[CH2]C)c2C1=O. The summed E-state index contributed by atoms with van der Waals surface area (Å²) in [5, 5.41) is 1.23. The summed E-state index contributed by atoms with van der Waals surface area (Å²) in [6.07, 6.45) is 6.90. The summed E-state index contributed by atoms with van der Waals surface area (Å²) >= 11 is 3.07. The Hall–Kier alpha value is -1.22. The van der Waals surface area contributed by atoms with Crippen molar-refractivity contribution in [1.82, 2.24) is 4.90 Å². The van der Waals surface area contributed by atoms with E-state index in [-0.39, 0.29) is 11.8 Å². The van der Waals surface area contributed by atoms with Gasteiger partial charge < -0.3 is 0 Å². The molecule has 0 radical (unpaired) electrons. The van der Waals surface area contributed by atoms with Crippen LogP contribution < -0.4 is 8.79 Å². The Labute approximate surface area is 217 Å². The number of amides is 2. The van der Waals surface area contributed by atoms with Crippen molar-refractivity contribution < 1.29 is 9.59 Å². The van der Waals surface area contributed by atoms with E-state index >= 15 is 0 Å². The van der Waals surface area contributed by atoms with Crippen LogP contribution in [-0.4, -0.2) is 36.5 Å². The molecular formula is C27H33GeNO2S3. The Morgan fingerprint density at radius 2 is 1.44 bits per heavy atom. The number of unbranched alkanes of at least 4 members (excludes halogenated alkanes) is 5. The predicted octanol–water partition coefficient (Wildman–Crippen LogP) is 7.30. The fourth-order valence-corrected chi connectivity index (χ4v) is 19.6. The van der Waals surface area contributed by atoms with E-state index in [0.717, 1.165) is 22.6 Å². The van der Waals surface area contributed by atoms with E-state index in [1.54, 1.807) is 20.1 Å². The number of fused-ring (bicyclic) bond motifs is 4. The van der Waals surface area contributed by atoms with Gasteiger partial charge in [0.1, 0.15) is 0 Å². The first-order valence-electron chi connectivity index (χ1n) is 12.6. The van der Waals surface area contributed by atoms with Crippen LogP contribution in [0.2, 0.25) is 11.0 Å². The van der Waals surface area contributed by atoms with Crippen LogP contribution in [0.1, 0.15) is 82.8 Å². The molecule has 1 unspecified atom stereocenters. The van der Waals surface area contributed by atoms with Gasteiger partial charge >= 0.3 is 199 Å². The zero-order valence-corrected chi connectivity index (χ0v) is 25.3. The Bertz CT molecular complexity index is 1280. The van der Waals surface area contributed by atoms with Gasteiger partial charge in [0.25, 0.3) is 0 Å². The Balaban J connectivity index is 1.45. The van der Waals surface area contributed by atoms with Gasteiger partial charge in [-0.1, -0.05) is 19.8 Å². The maximum atomic E-state index is 13.5. The summed E-state index contributed by atoms with van der Waals surface area (Å²) in [4.78, 5) is 35.7. The third-order valence-electron chi connectivity index (χ3n) is 7.65. The van der Waals surface area contributed by atoms with Crippen molar-refractivity contribution in [3.8, 4) is 19.5 Å². The minimum atomic E-state index is -2.33. The summed E-state index contributed by atoms with van der Waals surface area (Å²) in [6.45, 7) is 9.33. The van der Waals surface area contributed by atoms with E-state index < -0.39 is 13.3 Å². The molecule has 5 rings (SSSR count). The molecule has 3 aromatic rings. The van der Waals surface area contributed by atoms with E-state index in [9.17, 15) is 9.59 Å². The summed E-state index contributed by atoms with van der Waals surface area (Å²) in [5.74, 6) is 2.38. The molecular weight excluding hydrogens is 539 g/mol. The second-order valence-electron chi connectivity index (χ2n) is 9.91. The minimum absolute atomic E-state index is 0.0751. The number of rotatable bonds is 9. The molecule has 2 aliphatic heterocycles. The van der Waals surface area contributed by atoms with Crippen molar-refractivity contribution in [2.24, 2.45) is 0 Å². The van der Waals surface area contributed by atoms with Crippen molar-refractivity contribution >= 4 is 67.9 Å². The van der Waals surface area contributed by atoms with Gasteiger partial charge in [0.15, 0.2) is 0 Å². The predicted molar refractivity (Wildman–Crippen MR) is 151 cm³/mol. The van der Waals surface area contributed by atoms with E-state index in [2.05, 4.69) is 38.7 Å². The number of nitrogens with zero attached hydrogens (tertiary/aromatic N) is 1. The van der Waals surface area contributed by atoms with Gasteiger partial charge in [-0.25, -0.2) is 0 Å². The van der Waals surface area contributed by atoms with Gasteiger partial charge in [-0.2, -0.15) is 0 Å². The Kier molecular flexibility index (Phi) is 6.72. The number of aryl methyl sites for hydroxylation is 2. The molecule has 0 bridgehead atoms. The summed E-state index contributed by atoms with van der Waals surface area (Å²) in [6, 6.07) is 4.83. The van der Waals surface area contributed by atoms with E-state index in [1.165, 1.54) is 55.3 Å². The number of carbonyl (C=O) groups is 2. The first kappa shape index (κ1) is 24.5. The molecule has 2 amide bonds. The molecule has 0 saturated heterocycles. The molecule has 1 atom stereocenters. The Morgan fingerprint density at radius 1 is 0.794 bits per heavy atom. The molecule has 0 fully saturated rings. The second-order valence-corrected chi connectivity index (χ2v) is 22.8. The first-order valence-corrected chi connectivity index (χ1v) is 20.7. The molecule has 0 spiro atoms. The standard InChI is InChI=1S/C27H33GeNO2S3/c1-6-8-9-10-11-12-13-29-26(30)21-17(4)33-25(22(21)27(29)31)20-15-19-24(34-20)23-18(14-16(3)32-23)28(19,5)7-2/h14-15H,6-13H2,1-5H3. The van der Waals surface area contributed by atoms with Crippen LogP contribution in [0.4, 0.5) is 0 Å². The molecule has 3 nitrogen and oxygen atoms in total. The van der Waals surface area contributed by atoms with Crippen LogP contribution in [0.25, 0.3) is 19.5 Å². The molecule has 34 heavy (non-hydrogen) atoms. The van der Waals surface area contributed by atoms with Crippen LogP contribution in [0.15, 0.2) is 12.1 Å². The summed E-state index contributed by atoms with van der Waals surface area (Å²) in [5.41, 5.74) is 1.34. The van der Waals surface area contributed by atoms with Crippen molar-refractivity contribution in [2.45, 2.75) is 77.2 Å². The first-order chi connectivity index (χ1) is 16.3. The van der Waals surface area contributed by atoms with Crippen molar-refractivity contribution in [3.63, 3.8) is 0 Å². The van der Waals surface area contributed by atoms with Gasteiger partial charge in [0.05, 0.1) is 0 Å². The normalized spacial score (nSPS) is 18.7. The van der Waals surface area contributed by atoms with Crippen molar-refractivity contribution in [1.29, 1.82) is 0 Å². The van der Waals surface area contributed by atoms with Crippen molar-refractivity contribution in [2.75, 3.05) is 6.54 Å². The average Bonchev–Trinajstić information content (AvgIpc) is 3.58.